The Labute approximate surface area is 253 Å². The average molecular weight is 600 g/mol. The zero-order valence-corrected chi connectivity index (χ0v) is 24.1. The van der Waals surface area contributed by atoms with E-state index >= 15 is 0 Å². The number of rotatable bonds is 11. The van der Waals surface area contributed by atoms with E-state index in [4.69, 9.17) is 16.3 Å². The number of ether oxygens (including phenoxy) is 1. The van der Waals surface area contributed by atoms with Crippen LogP contribution in [0.3, 0.4) is 0 Å². The summed E-state index contributed by atoms with van der Waals surface area (Å²) < 4.78 is 18.9. The highest BCUT2D eigenvalue weighted by Crippen LogP contribution is 2.28. The zero-order valence-electron chi connectivity index (χ0n) is 23.4. The molecule has 2 aromatic heterocycles. The molecule has 12 heteroatoms. The van der Waals surface area contributed by atoms with E-state index in [0.717, 1.165) is 67.2 Å². The maximum absolute atomic E-state index is 13.4. The first-order valence-electron chi connectivity index (χ1n) is 14.1. The molecule has 0 saturated carbocycles. The molecule has 0 unspecified atom stereocenters. The molecule has 43 heavy (non-hydrogen) atoms. The summed E-state index contributed by atoms with van der Waals surface area (Å²) in [6.07, 6.45) is 2.69. The molecule has 5 aromatic rings. The number of anilines is 7. The van der Waals surface area contributed by atoms with Crippen molar-refractivity contribution in [2.45, 2.75) is 6.42 Å². The Morgan fingerprint density at radius 1 is 0.767 bits per heavy atom. The molecule has 220 valence electrons. The van der Waals surface area contributed by atoms with Crippen molar-refractivity contribution < 1.29 is 9.13 Å². The van der Waals surface area contributed by atoms with Gasteiger partial charge in [0.1, 0.15) is 5.82 Å². The molecule has 0 aliphatic carbocycles. The van der Waals surface area contributed by atoms with E-state index in [-0.39, 0.29) is 5.82 Å². The molecule has 0 atom stereocenters. The van der Waals surface area contributed by atoms with E-state index in [1.54, 1.807) is 18.3 Å². The highest BCUT2D eigenvalue weighted by molar-refractivity contribution is 6.31. The molecule has 4 N–H and O–H groups in total. The first-order valence-corrected chi connectivity index (χ1v) is 14.5. The average Bonchev–Trinajstić information content (AvgIpc) is 3.02. The van der Waals surface area contributed by atoms with Gasteiger partial charge in [-0.25, -0.2) is 4.39 Å². The van der Waals surface area contributed by atoms with Crippen molar-refractivity contribution in [3.63, 3.8) is 0 Å². The van der Waals surface area contributed by atoms with Crippen LogP contribution in [0.1, 0.15) is 6.42 Å². The van der Waals surface area contributed by atoms with Crippen LogP contribution in [0.15, 0.2) is 79.0 Å². The number of benzene rings is 3. The second-order valence-corrected chi connectivity index (χ2v) is 10.5. The van der Waals surface area contributed by atoms with E-state index in [9.17, 15) is 4.39 Å². The van der Waals surface area contributed by atoms with Crippen LogP contribution in [0.5, 0.6) is 0 Å². The molecule has 3 aromatic carbocycles. The van der Waals surface area contributed by atoms with Gasteiger partial charge in [-0.05, 0) is 85.8 Å². The fraction of sp³-hybridized carbons (Fsp3) is 0.226. The largest absolute Gasteiger partial charge is 0.379 e. The Morgan fingerprint density at radius 3 is 2.09 bits per heavy atom. The smallest absolute Gasteiger partial charge is 0.233 e. The van der Waals surface area contributed by atoms with Crippen LogP contribution in [0.4, 0.5) is 45.0 Å². The molecule has 0 radical (unpaired) electrons. The lowest BCUT2D eigenvalue weighted by atomic mass is 10.2. The number of hydrogen-bond acceptors (Lipinski definition) is 10. The number of halogens is 2. The number of morpholine rings is 1. The molecule has 1 aliphatic heterocycles. The molecule has 0 amide bonds. The maximum Gasteiger partial charge on any atom is 0.233 e. The summed E-state index contributed by atoms with van der Waals surface area (Å²) >= 11 is 6.13. The standard InChI is InChI=1S/C31H31ClFN9O/c32-21-2-11-26-27(12-14-34-28(26)20-21)36-23-7-9-25(10-8-23)38-31-40-29(35-13-1-15-42-16-18-43-19-17-42)39-30(41-31)37-24-5-3-22(33)4-6-24/h2-12,14,20H,1,13,15-19H2,(H,34,36)(H3,35,37,38,39,40,41). The summed E-state index contributed by atoms with van der Waals surface area (Å²) in [5.41, 5.74) is 4.12. The van der Waals surface area contributed by atoms with Gasteiger partial charge >= 0.3 is 0 Å². The van der Waals surface area contributed by atoms with Gasteiger partial charge < -0.3 is 26.0 Å². The van der Waals surface area contributed by atoms with Crippen molar-refractivity contribution >= 4 is 63.1 Å². The number of nitrogens with zero attached hydrogens (tertiary/aromatic N) is 5. The van der Waals surface area contributed by atoms with E-state index in [0.29, 0.717) is 35.1 Å². The van der Waals surface area contributed by atoms with Crippen LogP contribution in [0.2, 0.25) is 5.02 Å². The minimum absolute atomic E-state index is 0.314. The van der Waals surface area contributed by atoms with Crippen LogP contribution in [0.25, 0.3) is 10.9 Å². The van der Waals surface area contributed by atoms with Crippen LogP contribution >= 0.6 is 11.6 Å². The Hall–Kier alpha value is -4.58. The summed E-state index contributed by atoms with van der Waals surface area (Å²) in [6.45, 7) is 5.13. The number of hydrogen-bond donors (Lipinski definition) is 4. The van der Waals surface area contributed by atoms with Gasteiger partial charge in [0, 0.05) is 59.0 Å². The topological polar surface area (TPSA) is 112 Å². The summed E-state index contributed by atoms with van der Waals surface area (Å²) in [5.74, 6) is 0.827. The third-order valence-corrected chi connectivity index (χ3v) is 7.13. The lowest BCUT2D eigenvalue weighted by Gasteiger charge is -2.26. The van der Waals surface area contributed by atoms with Gasteiger partial charge in [0.15, 0.2) is 0 Å². The molecule has 1 saturated heterocycles. The minimum atomic E-state index is -0.314. The first kappa shape index (κ1) is 28.5. The van der Waals surface area contributed by atoms with Crippen LogP contribution < -0.4 is 21.3 Å². The number of aromatic nitrogens is 4. The van der Waals surface area contributed by atoms with Gasteiger partial charge in [0.25, 0.3) is 0 Å². The predicted molar refractivity (Wildman–Crippen MR) is 170 cm³/mol. The van der Waals surface area contributed by atoms with E-state index in [1.807, 2.05) is 48.5 Å². The van der Waals surface area contributed by atoms with Gasteiger partial charge in [-0.2, -0.15) is 15.0 Å². The highest BCUT2D eigenvalue weighted by Gasteiger charge is 2.11. The summed E-state index contributed by atoms with van der Waals surface area (Å²) in [5, 5.41) is 14.8. The second-order valence-electron chi connectivity index (χ2n) is 10.0. The summed E-state index contributed by atoms with van der Waals surface area (Å²) in [4.78, 5) is 20.5. The Bertz CT molecular complexity index is 1670. The fourth-order valence-corrected chi connectivity index (χ4v) is 4.87. The normalized spacial score (nSPS) is 13.5. The molecular weight excluding hydrogens is 569 g/mol. The van der Waals surface area contributed by atoms with E-state index in [2.05, 4.69) is 46.1 Å². The Balaban J connectivity index is 1.15. The first-order chi connectivity index (χ1) is 21.1. The number of fused-ring (bicyclic) bond motifs is 1. The second kappa shape index (κ2) is 13.6. The van der Waals surface area contributed by atoms with Gasteiger partial charge in [-0.1, -0.05) is 11.6 Å². The molecule has 10 nitrogen and oxygen atoms in total. The monoisotopic (exact) mass is 599 g/mol. The number of pyridine rings is 1. The van der Waals surface area contributed by atoms with E-state index < -0.39 is 0 Å². The van der Waals surface area contributed by atoms with Gasteiger partial charge in [-0.15, -0.1) is 0 Å². The Morgan fingerprint density at radius 2 is 1.40 bits per heavy atom. The fourth-order valence-electron chi connectivity index (χ4n) is 4.71. The quantitative estimate of drug-likeness (QED) is 0.124. The third kappa shape index (κ3) is 7.83. The molecule has 3 heterocycles. The summed E-state index contributed by atoms with van der Waals surface area (Å²) in [7, 11) is 0. The van der Waals surface area contributed by atoms with Crippen molar-refractivity contribution in [1.29, 1.82) is 0 Å². The van der Waals surface area contributed by atoms with Crippen LogP contribution in [-0.4, -0.2) is 64.2 Å². The molecule has 1 aliphatic rings. The number of nitrogens with one attached hydrogen (secondary N) is 4. The van der Waals surface area contributed by atoms with Crippen LogP contribution in [-0.2, 0) is 4.74 Å². The predicted octanol–water partition coefficient (Wildman–Crippen LogP) is 6.58. The molecule has 1 fully saturated rings. The van der Waals surface area contributed by atoms with E-state index in [1.165, 1.54) is 12.1 Å². The molecule has 0 bridgehead atoms. The highest BCUT2D eigenvalue weighted by atomic mass is 35.5. The molecule has 0 spiro atoms. The molecular formula is C31H31ClFN9O. The van der Waals surface area contributed by atoms with Gasteiger partial charge in [-0.3, -0.25) is 9.88 Å². The SMILES string of the molecule is Fc1ccc(Nc2nc(NCCCN3CCOCC3)nc(Nc3ccc(Nc4ccnc5cc(Cl)ccc45)cc3)n2)cc1. The van der Waals surface area contributed by atoms with Crippen molar-refractivity contribution in [1.82, 2.24) is 24.8 Å². The lowest BCUT2D eigenvalue weighted by Crippen LogP contribution is -2.37. The van der Waals surface area contributed by atoms with Crippen molar-refractivity contribution in [2.75, 3.05) is 60.7 Å². The van der Waals surface area contributed by atoms with Gasteiger partial charge in [0.05, 0.1) is 18.7 Å². The lowest BCUT2D eigenvalue weighted by molar-refractivity contribution is 0.0378. The van der Waals surface area contributed by atoms with Gasteiger partial charge in [0.2, 0.25) is 17.8 Å². The van der Waals surface area contributed by atoms with Crippen molar-refractivity contribution in [2.24, 2.45) is 0 Å². The Kier molecular flexibility index (Phi) is 9.02. The zero-order chi connectivity index (χ0) is 29.4. The maximum atomic E-state index is 13.4. The minimum Gasteiger partial charge on any atom is -0.379 e. The third-order valence-electron chi connectivity index (χ3n) is 6.90. The van der Waals surface area contributed by atoms with Crippen molar-refractivity contribution in [3.8, 4) is 0 Å². The van der Waals surface area contributed by atoms with Crippen molar-refractivity contribution in [3.05, 3.63) is 89.8 Å². The van der Waals surface area contributed by atoms with Crippen LogP contribution in [0, 0.1) is 5.82 Å². The molecule has 6 rings (SSSR count). The summed E-state index contributed by atoms with van der Waals surface area (Å²) in [6, 6.07) is 21.4.